The monoisotopic (exact) mass is 360 g/mol. The standard InChI is InChI=1S/C17H20N4O3S/c1-10(2)9-21-14-13(8-19-20-17(14)22)15(16(21)18)25(23,24)12-6-4-11(3)5-7-12/h4-8,10H,9,18H2,1-3H3,(H,20,22). The van der Waals surface area contributed by atoms with E-state index in [2.05, 4.69) is 10.2 Å². The van der Waals surface area contributed by atoms with Crippen molar-refractivity contribution in [3.05, 3.63) is 46.4 Å². The highest BCUT2D eigenvalue weighted by Crippen LogP contribution is 2.34. The Hall–Kier alpha value is -2.61. The molecule has 0 unspecified atom stereocenters. The normalized spacial score (nSPS) is 12.2. The highest BCUT2D eigenvalue weighted by Gasteiger charge is 2.29. The molecule has 0 aliphatic rings. The molecule has 0 amide bonds. The summed E-state index contributed by atoms with van der Waals surface area (Å²) in [6.45, 7) is 6.24. The van der Waals surface area contributed by atoms with Crippen molar-refractivity contribution in [2.45, 2.75) is 37.1 Å². The smallest absolute Gasteiger partial charge is 0.288 e. The zero-order chi connectivity index (χ0) is 18.4. The Kier molecular flexibility index (Phi) is 4.16. The van der Waals surface area contributed by atoms with Gasteiger partial charge in [0.15, 0.2) is 0 Å². The van der Waals surface area contributed by atoms with Gasteiger partial charge in [0.2, 0.25) is 9.84 Å². The molecule has 0 saturated heterocycles. The number of fused-ring (bicyclic) bond motifs is 1. The van der Waals surface area contributed by atoms with Gasteiger partial charge in [0.05, 0.1) is 11.1 Å². The second kappa shape index (κ2) is 6.03. The number of aryl methyl sites for hydroxylation is 1. The number of nitrogens with zero attached hydrogens (tertiary/aromatic N) is 2. The molecule has 7 nitrogen and oxygen atoms in total. The van der Waals surface area contributed by atoms with Crippen molar-refractivity contribution in [2.75, 3.05) is 5.73 Å². The first-order valence-electron chi connectivity index (χ1n) is 7.90. The third-order valence-electron chi connectivity index (χ3n) is 4.02. The summed E-state index contributed by atoms with van der Waals surface area (Å²) in [6, 6.07) is 6.52. The van der Waals surface area contributed by atoms with Gasteiger partial charge >= 0.3 is 0 Å². The van der Waals surface area contributed by atoms with Crippen LogP contribution >= 0.6 is 0 Å². The number of anilines is 1. The Morgan fingerprint density at radius 3 is 2.48 bits per heavy atom. The molecule has 0 spiro atoms. The van der Waals surface area contributed by atoms with E-state index < -0.39 is 15.4 Å². The molecule has 2 aromatic heterocycles. The number of hydrogen-bond donors (Lipinski definition) is 2. The SMILES string of the molecule is Cc1ccc(S(=O)(=O)c2c(N)n(CC(C)C)c3c(=O)[nH]ncc23)cc1. The Balaban J connectivity index is 2.37. The fourth-order valence-electron chi connectivity index (χ4n) is 2.88. The topological polar surface area (TPSA) is 111 Å². The number of aromatic nitrogens is 3. The lowest BCUT2D eigenvalue weighted by molar-refractivity contribution is 0.536. The molecule has 3 N–H and O–H groups in total. The van der Waals surface area contributed by atoms with Crippen molar-refractivity contribution >= 4 is 26.6 Å². The fourth-order valence-corrected chi connectivity index (χ4v) is 4.43. The minimum Gasteiger partial charge on any atom is -0.384 e. The lowest BCUT2D eigenvalue weighted by atomic mass is 10.2. The molecule has 0 aliphatic carbocycles. The first kappa shape index (κ1) is 17.2. The van der Waals surface area contributed by atoms with Crippen LogP contribution in [0.4, 0.5) is 5.82 Å². The molecule has 0 atom stereocenters. The van der Waals surface area contributed by atoms with E-state index in [4.69, 9.17) is 5.73 Å². The molecule has 0 aliphatic heterocycles. The van der Waals surface area contributed by atoms with Gasteiger partial charge in [0.1, 0.15) is 16.2 Å². The second-order valence-corrected chi connectivity index (χ2v) is 8.38. The van der Waals surface area contributed by atoms with Crippen molar-refractivity contribution < 1.29 is 8.42 Å². The van der Waals surface area contributed by atoms with E-state index in [0.29, 0.717) is 6.54 Å². The van der Waals surface area contributed by atoms with Crippen LogP contribution in [-0.2, 0) is 16.4 Å². The van der Waals surface area contributed by atoms with Crippen molar-refractivity contribution in [3.8, 4) is 0 Å². The fraction of sp³-hybridized carbons (Fsp3) is 0.294. The highest BCUT2D eigenvalue weighted by atomic mass is 32.2. The summed E-state index contributed by atoms with van der Waals surface area (Å²) < 4.78 is 27.9. The van der Waals surface area contributed by atoms with Crippen LogP contribution in [0.3, 0.4) is 0 Å². The quantitative estimate of drug-likeness (QED) is 0.740. The Labute approximate surface area is 145 Å². The number of nitrogen functional groups attached to an aromatic ring is 1. The number of benzene rings is 1. The van der Waals surface area contributed by atoms with Crippen LogP contribution in [0.25, 0.3) is 10.9 Å². The predicted molar refractivity (Wildman–Crippen MR) is 96.2 cm³/mol. The number of hydrogen-bond acceptors (Lipinski definition) is 5. The molecular weight excluding hydrogens is 340 g/mol. The molecule has 132 valence electrons. The molecular formula is C17H20N4O3S. The Morgan fingerprint density at radius 1 is 1.24 bits per heavy atom. The van der Waals surface area contributed by atoms with E-state index in [-0.39, 0.29) is 32.4 Å². The third-order valence-corrected chi connectivity index (χ3v) is 5.87. The van der Waals surface area contributed by atoms with Gasteiger partial charge in [-0.25, -0.2) is 13.5 Å². The van der Waals surface area contributed by atoms with Gasteiger partial charge in [-0.15, -0.1) is 0 Å². The molecule has 0 radical (unpaired) electrons. The first-order valence-corrected chi connectivity index (χ1v) is 9.39. The lowest BCUT2D eigenvalue weighted by Crippen LogP contribution is -2.15. The second-order valence-electron chi connectivity index (χ2n) is 6.50. The summed E-state index contributed by atoms with van der Waals surface area (Å²) in [6.07, 6.45) is 1.34. The number of nitrogens with two attached hydrogens (primary N) is 1. The van der Waals surface area contributed by atoms with E-state index in [9.17, 15) is 13.2 Å². The summed E-state index contributed by atoms with van der Waals surface area (Å²) >= 11 is 0. The highest BCUT2D eigenvalue weighted by molar-refractivity contribution is 7.92. The van der Waals surface area contributed by atoms with E-state index in [1.165, 1.54) is 18.3 Å². The summed E-state index contributed by atoms with van der Waals surface area (Å²) in [5.74, 6) is 0.239. The van der Waals surface area contributed by atoms with E-state index in [0.717, 1.165) is 5.56 Å². The number of nitrogens with one attached hydrogen (secondary N) is 1. The molecule has 3 rings (SSSR count). The molecule has 1 aromatic carbocycles. The van der Waals surface area contributed by atoms with Gasteiger partial charge in [-0.2, -0.15) is 5.10 Å². The van der Waals surface area contributed by atoms with Crippen molar-refractivity contribution in [1.82, 2.24) is 14.8 Å². The van der Waals surface area contributed by atoms with E-state index in [1.54, 1.807) is 16.7 Å². The average molecular weight is 360 g/mol. The van der Waals surface area contributed by atoms with Gasteiger partial charge in [0.25, 0.3) is 5.56 Å². The molecule has 0 fully saturated rings. The van der Waals surface area contributed by atoms with Gasteiger partial charge < -0.3 is 10.3 Å². The van der Waals surface area contributed by atoms with Crippen LogP contribution in [-0.4, -0.2) is 23.2 Å². The number of sulfone groups is 1. The van der Waals surface area contributed by atoms with Gasteiger partial charge in [-0.05, 0) is 25.0 Å². The van der Waals surface area contributed by atoms with Crippen molar-refractivity contribution in [3.63, 3.8) is 0 Å². The van der Waals surface area contributed by atoms with Crippen LogP contribution in [0.1, 0.15) is 19.4 Å². The van der Waals surface area contributed by atoms with Crippen LogP contribution in [0.15, 0.2) is 45.0 Å². The van der Waals surface area contributed by atoms with Gasteiger partial charge in [-0.1, -0.05) is 31.5 Å². The summed E-state index contributed by atoms with van der Waals surface area (Å²) in [5.41, 5.74) is 6.91. The molecule has 25 heavy (non-hydrogen) atoms. The Morgan fingerprint density at radius 2 is 1.88 bits per heavy atom. The predicted octanol–water partition coefficient (Wildman–Crippen LogP) is 2.10. The zero-order valence-electron chi connectivity index (χ0n) is 14.3. The minimum atomic E-state index is -3.88. The molecule has 0 bridgehead atoms. The first-order chi connectivity index (χ1) is 11.7. The van der Waals surface area contributed by atoms with Crippen LogP contribution in [0, 0.1) is 12.8 Å². The minimum absolute atomic E-state index is 0.0581. The maximum atomic E-state index is 13.2. The number of rotatable bonds is 4. The third kappa shape index (κ3) is 2.82. The van der Waals surface area contributed by atoms with Crippen LogP contribution in [0.2, 0.25) is 0 Å². The molecule has 8 heteroatoms. The number of H-pyrrole nitrogens is 1. The number of aromatic amines is 1. The van der Waals surface area contributed by atoms with Gasteiger partial charge in [-0.3, -0.25) is 4.79 Å². The largest absolute Gasteiger partial charge is 0.384 e. The van der Waals surface area contributed by atoms with Gasteiger partial charge in [0, 0.05) is 11.9 Å². The maximum absolute atomic E-state index is 13.2. The average Bonchev–Trinajstić information content (AvgIpc) is 2.81. The van der Waals surface area contributed by atoms with Crippen molar-refractivity contribution in [1.29, 1.82) is 0 Å². The maximum Gasteiger partial charge on any atom is 0.288 e. The molecule has 0 saturated carbocycles. The van der Waals surface area contributed by atoms with E-state index in [1.807, 2.05) is 20.8 Å². The van der Waals surface area contributed by atoms with Crippen LogP contribution < -0.4 is 11.3 Å². The Bertz CT molecular complexity index is 1090. The lowest BCUT2D eigenvalue weighted by Gasteiger charge is -2.10. The van der Waals surface area contributed by atoms with E-state index >= 15 is 0 Å². The molecule has 2 heterocycles. The van der Waals surface area contributed by atoms with Crippen LogP contribution in [0.5, 0.6) is 0 Å². The summed E-state index contributed by atoms with van der Waals surface area (Å²) in [5, 5.41) is 6.35. The van der Waals surface area contributed by atoms with Crippen molar-refractivity contribution in [2.24, 2.45) is 5.92 Å². The zero-order valence-corrected chi connectivity index (χ0v) is 15.1. The summed E-state index contributed by atoms with van der Waals surface area (Å²) in [4.78, 5) is 12.3. The summed E-state index contributed by atoms with van der Waals surface area (Å²) in [7, 11) is -3.88. The molecule has 3 aromatic rings.